The zero-order chi connectivity index (χ0) is 16.8. The van der Waals surface area contributed by atoms with Crippen LogP contribution in [0.2, 0.25) is 0 Å². The minimum absolute atomic E-state index is 0.230. The van der Waals surface area contributed by atoms with Gasteiger partial charge in [-0.2, -0.15) is 13.2 Å². The number of Topliss-reactive ketones (excluding diaryl/α,β-unsaturated/α-hetero) is 1. The van der Waals surface area contributed by atoms with Gasteiger partial charge in [-0.3, -0.25) is 4.79 Å². The molecular formula is C7H2F3I9O. The Labute approximate surface area is 237 Å². The van der Waals surface area contributed by atoms with E-state index in [-0.39, 0.29) is 0.864 Å². The summed E-state index contributed by atoms with van der Waals surface area (Å²) in [6, 6.07) is 0. The fourth-order valence-corrected chi connectivity index (χ4v) is 10.8. The van der Waals surface area contributed by atoms with Gasteiger partial charge in [0.25, 0.3) is 0 Å². The van der Waals surface area contributed by atoms with E-state index in [9.17, 15) is 18.0 Å². The summed E-state index contributed by atoms with van der Waals surface area (Å²) >= 11 is 19.6. The smallest absolute Gasteiger partial charge is 0.290 e. The summed E-state index contributed by atoms with van der Waals surface area (Å²) in [6.45, 7) is 0. The number of halogens is 12. The maximum absolute atomic E-state index is 12.5. The van der Waals surface area contributed by atoms with Gasteiger partial charge >= 0.3 is 6.18 Å². The average molecular weight is 1300 g/mol. The topological polar surface area (TPSA) is 17.1 Å². The molecule has 0 aliphatic rings. The predicted octanol–water partition coefficient (Wildman–Crippen LogP) is 8.17. The van der Waals surface area contributed by atoms with Crippen LogP contribution in [0.1, 0.15) is 6.42 Å². The van der Waals surface area contributed by atoms with E-state index in [4.69, 9.17) is 0 Å². The van der Waals surface area contributed by atoms with Crippen LogP contribution >= 0.6 is 203 Å². The zero-order valence-corrected chi connectivity index (χ0v) is 28.1. The summed E-state index contributed by atoms with van der Waals surface area (Å²) in [5.41, 5.74) is 0. The first kappa shape index (κ1) is 26.0. The number of ketones is 1. The lowest BCUT2D eigenvalue weighted by molar-refractivity contribution is -0.171. The van der Waals surface area contributed by atoms with Gasteiger partial charge in [0.15, 0.2) is 0 Å². The van der Waals surface area contributed by atoms with E-state index < -0.39 is 21.2 Å². The van der Waals surface area contributed by atoms with E-state index in [1.54, 1.807) is 0 Å². The molecule has 0 fully saturated rings. The Morgan fingerprint density at radius 2 is 1.10 bits per heavy atom. The van der Waals surface area contributed by atoms with Gasteiger partial charge in [-0.25, -0.2) is 0 Å². The molecule has 20 heavy (non-hydrogen) atoms. The number of carbonyl (C=O) groups excluding carboxylic acids is 1. The quantitative estimate of drug-likeness (QED) is 0.201. The fraction of sp³-hybridized carbons (Fsp3) is 0.857. The van der Waals surface area contributed by atoms with Crippen molar-refractivity contribution in [3.63, 3.8) is 0 Å². The molecule has 0 aliphatic carbocycles. The normalized spacial score (nSPS) is 15.4. The van der Waals surface area contributed by atoms with Crippen molar-refractivity contribution in [1.82, 2.24) is 0 Å². The monoisotopic (exact) mass is 1300 g/mol. The molecule has 0 atom stereocenters. The zero-order valence-electron chi connectivity index (χ0n) is 8.65. The van der Waals surface area contributed by atoms with Crippen LogP contribution in [0.25, 0.3) is 0 Å². The van der Waals surface area contributed by atoms with E-state index in [1.807, 2.05) is 45.2 Å². The largest absolute Gasteiger partial charge is 0.450 e. The van der Waals surface area contributed by atoms with Crippen LogP contribution in [-0.4, -0.2) is 15.7 Å². The molecule has 120 valence electrons. The van der Waals surface area contributed by atoms with E-state index in [1.165, 1.54) is 0 Å². The van der Waals surface area contributed by atoms with Crippen LogP contribution in [-0.2, 0) is 4.79 Å². The van der Waals surface area contributed by atoms with Crippen molar-refractivity contribution in [2.45, 2.75) is 16.3 Å². The van der Waals surface area contributed by atoms with Crippen molar-refractivity contribution in [2.75, 3.05) is 0 Å². The van der Waals surface area contributed by atoms with Crippen LogP contribution in [0.15, 0.2) is 0 Å². The van der Waals surface area contributed by atoms with Crippen molar-refractivity contribution in [2.24, 2.45) is 0 Å². The molecule has 0 N–H and O–H groups in total. The minimum atomic E-state index is -4.78. The highest BCUT2D eigenvalue weighted by Gasteiger charge is 2.65. The summed E-state index contributed by atoms with van der Waals surface area (Å²) in [7, 11) is 0. The second kappa shape index (κ2) is 9.02. The lowest BCUT2D eigenvalue weighted by atomic mass is 10.1. The average Bonchev–Trinajstić information content (AvgIpc) is 2.12. The number of rotatable bonds is 5. The van der Waals surface area contributed by atoms with Gasteiger partial charge in [0, 0.05) is 6.42 Å². The molecule has 0 amide bonds. The molecule has 0 saturated carbocycles. The van der Waals surface area contributed by atoms with Gasteiger partial charge in [0.2, 0.25) is 5.78 Å². The van der Waals surface area contributed by atoms with Crippen LogP contribution in [0.4, 0.5) is 13.2 Å². The number of carbonyl (C=O) groups is 1. The third kappa shape index (κ3) is 6.57. The van der Waals surface area contributed by atoms with Gasteiger partial charge in [0.05, 0.1) is 0 Å². The van der Waals surface area contributed by atoms with Crippen molar-refractivity contribution >= 4 is 209 Å². The maximum atomic E-state index is 12.5. The third-order valence-corrected chi connectivity index (χ3v) is 27.9. The third-order valence-electron chi connectivity index (χ3n) is 1.91. The fourth-order valence-electron chi connectivity index (χ4n) is 0.821. The molecule has 0 aromatic heterocycles. The van der Waals surface area contributed by atoms with E-state index in [0.29, 0.717) is 0 Å². The number of hydrogen-bond acceptors (Lipinski definition) is 1. The van der Waals surface area contributed by atoms with Gasteiger partial charge in [0.1, 0.15) is 3.72 Å². The molecule has 0 unspecified atom stereocenters. The molecule has 0 rings (SSSR count). The summed E-state index contributed by atoms with van der Waals surface area (Å²) in [4.78, 5) is 11.4. The Morgan fingerprint density at radius 3 is 1.35 bits per heavy atom. The van der Waals surface area contributed by atoms with Crippen LogP contribution in [0, 0.1) is 0 Å². The van der Waals surface area contributed by atoms with E-state index in [2.05, 4.69) is 158 Å². The molecular weight excluding hydrogens is 1300 g/mol. The molecule has 0 aliphatic heterocycles. The molecule has 0 spiro atoms. The summed E-state index contributed by atoms with van der Waals surface area (Å²) in [5, 5.41) is 0. The molecule has 0 saturated heterocycles. The number of alkyl halides is 12. The Balaban J connectivity index is 5.54. The maximum Gasteiger partial charge on any atom is 0.450 e. The molecule has 0 aromatic carbocycles. The molecule has 0 heterocycles. The lowest BCUT2D eigenvalue weighted by Crippen LogP contribution is -2.54. The van der Waals surface area contributed by atoms with Crippen molar-refractivity contribution < 1.29 is 18.0 Å². The highest BCUT2D eigenvalue weighted by molar-refractivity contribution is 14.3. The van der Waals surface area contributed by atoms with Crippen LogP contribution < -0.4 is 0 Å². The van der Waals surface area contributed by atoms with Gasteiger partial charge in [-0.05, 0) is 0 Å². The summed E-state index contributed by atoms with van der Waals surface area (Å²) < 4.78 is 35.5. The molecule has 0 radical (unpaired) electrons. The van der Waals surface area contributed by atoms with E-state index in [0.717, 1.165) is 0 Å². The highest BCUT2D eigenvalue weighted by atomic mass is 127. The van der Waals surface area contributed by atoms with Crippen molar-refractivity contribution in [3.8, 4) is 0 Å². The minimum Gasteiger partial charge on any atom is -0.290 e. The number of hydrogen-bond donors (Lipinski definition) is 0. The predicted molar refractivity (Wildman–Crippen MR) is 153 cm³/mol. The summed E-state index contributed by atoms with van der Waals surface area (Å²) in [5.74, 6) is -1.68. The molecule has 13 heteroatoms. The van der Waals surface area contributed by atoms with Crippen molar-refractivity contribution in [3.05, 3.63) is 0 Å². The van der Waals surface area contributed by atoms with Crippen LogP contribution in [0.3, 0.4) is 0 Å². The first-order chi connectivity index (χ1) is 8.38. The standard InChI is InChI=1S/C7H2F3I9O/c8-4(9,10)2(20)1-3(11,12)5(13,14)6(15,16)7(17,18)19/h1H2. The molecule has 1 nitrogen and oxygen atoms in total. The second-order valence-electron chi connectivity index (χ2n) is 3.45. The Hall–Kier alpha value is 6.03. The Morgan fingerprint density at radius 1 is 0.750 bits per heavy atom. The Bertz CT molecular complexity index is 384. The van der Waals surface area contributed by atoms with Gasteiger partial charge in [-0.15, -0.1) is 0 Å². The Kier molecular flexibility index (Phi) is 11.7. The van der Waals surface area contributed by atoms with E-state index >= 15 is 0 Å². The summed E-state index contributed by atoms with van der Waals surface area (Å²) in [6.07, 6.45) is -5.32. The van der Waals surface area contributed by atoms with Gasteiger partial charge in [-0.1, -0.05) is 203 Å². The SMILES string of the molecule is O=C(CC(I)(I)C(I)(I)C(I)(I)C(I)(I)I)C(F)(F)F. The van der Waals surface area contributed by atoms with Crippen LogP contribution in [0.5, 0.6) is 0 Å². The lowest BCUT2D eigenvalue weighted by Gasteiger charge is -2.47. The first-order valence-corrected chi connectivity index (χ1v) is 13.9. The van der Waals surface area contributed by atoms with Crippen molar-refractivity contribution in [1.29, 1.82) is 0 Å². The molecule has 0 aromatic rings. The highest BCUT2D eigenvalue weighted by Crippen LogP contribution is 2.70. The first-order valence-electron chi connectivity index (χ1n) is 4.18. The molecule has 0 bridgehead atoms. The van der Waals surface area contributed by atoms with Gasteiger partial charge < -0.3 is 0 Å². The second-order valence-corrected chi connectivity index (χ2v) is 30.8.